The number of aryl methyl sites for hydroxylation is 2. The summed E-state index contributed by atoms with van der Waals surface area (Å²) >= 11 is 0. The monoisotopic (exact) mass is 326 g/mol. The number of pyridine rings is 1. The summed E-state index contributed by atoms with van der Waals surface area (Å²) in [6.07, 6.45) is 4.87. The molecule has 0 aliphatic heterocycles. The smallest absolute Gasteiger partial charge is 0.175 e. The lowest BCUT2D eigenvalue weighted by Crippen LogP contribution is -2.01. The molecule has 3 aromatic rings. The van der Waals surface area contributed by atoms with Crippen molar-refractivity contribution < 1.29 is 8.42 Å². The minimum Gasteiger partial charge on any atom is -0.312 e. The Hall–Kier alpha value is -2.40. The fourth-order valence-corrected chi connectivity index (χ4v) is 3.27. The highest BCUT2D eigenvalue weighted by Gasteiger charge is 2.12. The third-order valence-electron chi connectivity index (χ3n) is 3.77. The minimum atomic E-state index is -3.18. The lowest BCUT2D eigenvalue weighted by molar-refractivity contribution is 0.602. The maximum absolute atomic E-state index is 11.6. The molecule has 4 nitrogen and oxygen atoms in total. The van der Waals surface area contributed by atoms with Gasteiger partial charge in [0.1, 0.15) is 0 Å². The molecule has 0 aliphatic rings. The summed E-state index contributed by atoms with van der Waals surface area (Å²) < 4.78 is 25.3. The van der Waals surface area contributed by atoms with Gasteiger partial charge in [-0.1, -0.05) is 12.1 Å². The van der Waals surface area contributed by atoms with Crippen molar-refractivity contribution in [2.75, 3.05) is 6.26 Å². The Kier molecular flexibility index (Phi) is 3.82. The summed E-state index contributed by atoms with van der Waals surface area (Å²) in [7, 11) is -3.18. The van der Waals surface area contributed by atoms with Crippen molar-refractivity contribution in [1.82, 2.24) is 9.55 Å². The SMILES string of the molecule is Cc1cncc(-n2c(C)ccc2-c2ccc(S(C)(=O)=O)cc2)c1. The molecule has 118 valence electrons. The second-order valence-electron chi connectivity index (χ2n) is 5.71. The summed E-state index contributed by atoms with van der Waals surface area (Å²) in [6, 6.07) is 13.1. The van der Waals surface area contributed by atoms with E-state index in [-0.39, 0.29) is 0 Å². The van der Waals surface area contributed by atoms with Crippen LogP contribution >= 0.6 is 0 Å². The van der Waals surface area contributed by atoms with Crippen molar-refractivity contribution in [3.05, 3.63) is 66.1 Å². The molecule has 0 aliphatic carbocycles. The van der Waals surface area contributed by atoms with E-state index in [1.54, 1.807) is 12.1 Å². The second-order valence-corrected chi connectivity index (χ2v) is 7.73. The van der Waals surface area contributed by atoms with Crippen LogP contribution in [0.3, 0.4) is 0 Å². The maximum Gasteiger partial charge on any atom is 0.175 e. The number of benzene rings is 1. The number of aromatic nitrogens is 2. The van der Waals surface area contributed by atoms with Gasteiger partial charge in [0.25, 0.3) is 0 Å². The van der Waals surface area contributed by atoms with E-state index in [1.807, 2.05) is 50.5 Å². The predicted molar refractivity (Wildman–Crippen MR) is 91.6 cm³/mol. The zero-order valence-corrected chi connectivity index (χ0v) is 14.1. The fourth-order valence-electron chi connectivity index (χ4n) is 2.64. The Bertz CT molecular complexity index is 955. The Morgan fingerprint density at radius 1 is 0.957 bits per heavy atom. The Labute approximate surface area is 136 Å². The molecule has 0 fully saturated rings. The number of sulfone groups is 1. The first-order chi connectivity index (χ1) is 10.9. The number of rotatable bonds is 3. The first-order valence-electron chi connectivity index (χ1n) is 7.27. The molecule has 1 aromatic carbocycles. The van der Waals surface area contributed by atoms with Crippen molar-refractivity contribution in [2.45, 2.75) is 18.7 Å². The first kappa shape index (κ1) is 15.5. The van der Waals surface area contributed by atoms with Crippen molar-refractivity contribution in [1.29, 1.82) is 0 Å². The quantitative estimate of drug-likeness (QED) is 0.739. The third-order valence-corrected chi connectivity index (χ3v) is 4.90. The summed E-state index contributed by atoms with van der Waals surface area (Å²) in [6.45, 7) is 4.05. The summed E-state index contributed by atoms with van der Waals surface area (Å²) in [4.78, 5) is 4.59. The van der Waals surface area contributed by atoms with Crippen LogP contribution in [0.5, 0.6) is 0 Å². The highest BCUT2D eigenvalue weighted by Crippen LogP contribution is 2.27. The molecule has 2 aromatic heterocycles. The van der Waals surface area contributed by atoms with Crippen LogP contribution < -0.4 is 0 Å². The summed E-state index contributed by atoms with van der Waals surface area (Å²) in [5, 5.41) is 0. The molecular weight excluding hydrogens is 308 g/mol. The van der Waals surface area contributed by atoms with Crippen molar-refractivity contribution in [3.8, 4) is 16.9 Å². The largest absolute Gasteiger partial charge is 0.312 e. The van der Waals surface area contributed by atoms with Gasteiger partial charge < -0.3 is 4.57 Å². The van der Waals surface area contributed by atoms with E-state index in [0.717, 1.165) is 28.2 Å². The molecule has 0 saturated heterocycles. The van der Waals surface area contributed by atoms with Gasteiger partial charge in [0.15, 0.2) is 9.84 Å². The van der Waals surface area contributed by atoms with E-state index in [1.165, 1.54) is 6.26 Å². The van der Waals surface area contributed by atoms with E-state index in [9.17, 15) is 8.42 Å². The number of hydrogen-bond acceptors (Lipinski definition) is 3. The van der Waals surface area contributed by atoms with E-state index in [4.69, 9.17) is 0 Å². The topological polar surface area (TPSA) is 52.0 Å². The van der Waals surface area contributed by atoms with E-state index < -0.39 is 9.84 Å². The van der Waals surface area contributed by atoms with Gasteiger partial charge in [0, 0.05) is 18.1 Å². The van der Waals surface area contributed by atoms with Crippen LogP contribution in [0.15, 0.2) is 59.8 Å². The predicted octanol–water partition coefficient (Wildman–Crippen LogP) is 3.56. The van der Waals surface area contributed by atoms with Gasteiger partial charge in [0.05, 0.1) is 22.5 Å². The second kappa shape index (κ2) is 5.66. The van der Waals surface area contributed by atoms with Gasteiger partial charge in [0.2, 0.25) is 0 Å². The molecule has 0 atom stereocenters. The normalized spacial score (nSPS) is 11.6. The van der Waals surface area contributed by atoms with Crippen molar-refractivity contribution in [3.63, 3.8) is 0 Å². The number of hydrogen-bond donors (Lipinski definition) is 0. The average molecular weight is 326 g/mol. The fraction of sp³-hybridized carbons (Fsp3) is 0.167. The van der Waals surface area contributed by atoms with Gasteiger partial charge in [-0.25, -0.2) is 8.42 Å². The molecule has 2 heterocycles. The summed E-state index contributed by atoms with van der Waals surface area (Å²) in [5.41, 5.74) is 5.16. The number of nitrogens with zero attached hydrogens (tertiary/aromatic N) is 2. The maximum atomic E-state index is 11.6. The highest BCUT2D eigenvalue weighted by molar-refractivity contribution is 7.90. The van der Waals surface area contributed by atoms with Gasteiger partial charge >= 0.3 is 0 Å². The minimum absolute atomic E-state index is 0.327. The molecule has 0 saturated carbocycles. The van der Waals surface area contributed by atoms with Gasteiger partial charge in [-0.15, -0.1) is 0 Å². The van der Waals surface area contributed by atoms with Crippen LogP contribution in [0.4, 0.5) is 0 Å². The Balaban J connectivity index is 2.12. The molecule has 23 heavy (non-hydrogen) atoms. The van der Waals surface area contributed by atoms with Crippen LogP contribution in [0.2, 0.25) is 0 Å². The molecule has 0 amide bonds. The van der Waals surface area contributed by atoms with Crippen molar-refractivity contribution >= 4 is 9.84 Å². The van der Waals surface area contributed by atoms with Gasteiger partial charge in [-0.05, 0) is 55.3 Å². The van der Waals surface area contributed by atoms with Gasteiger partial charge in [-0.3, -0.25) is 4.98 Å². The summed E-state index contributed by atoms with van der Waals surface area (Å²) in [5.74, 6) is 0. The molecule has 5 heteroatoms. The molecule has 0 N–H and O–H groups in total. The molecule has 0 bridgehead atoms. The standard InChI is InChI=1S/C18H18N2O2S/c1-13-10-16(12-19-11-13)20-14(2)4-9-18(20)15-5-7-17(8-6-15)23(3,21)22/h4-12H,1-3H3. The molecular formula is C18H18N2O2S. The average Bonchev–Trinajstić information content (AvgIpc) is 2.88. The highest BCUT2D eigenvalue weighted by atomic mass is 32.2. The van der Waals surface area contributed by atoms with Crippen LogP contribution in [0, 0.1) is 13.8 Å². The molecule has 0 radical (unpaired) electrons. The molecule has 0 unspecified atom stereocenters. The van der Waals surface area contributed by atoms with Crippen LogP contribution in [0.1, 0.15) is 11.3 Å². The van der Waals surface area contributed by atoms with Crippen LogP contribution in [-0.2, 0) is 9.84 Å². The van der Waals surface area contributed by atoms with E-state index in [2.05, 4.69) is 15.6 Å². The van der Waals surface area contributed by atoms with Gasteiger partial charge in [-0.2, -0.15) is 0 Å². The zero-order valence-electron chi connectivity index (χ0n) is 13.3. The van der Waals surface area contributed by atoms with Crippen LogP contribution in [-0.4, -0.2) is 24.2 Å². The zero-order chi connectivity index (χ0) is 16.6. The Morgan fingerprint density at radius 3 is 2.26 bits per heavy atom. The lowest BCUT2D eigenvalue weighted by atomic mass is 10.1. The molecule has 0 spiro atoms. The lowest BCUT2D eigenvalue weighted by Gasteiger charge is -2.12. The first-order valence-corrected chi connectivity index (χ1v) is 9.16. The van der Waals surface area contributed by atoms with Crippen molar-refractivity contribution in [2.24, 2.45) is 0 Å². The molecule has 3 rings (SSSR count). The Morgan fingerprint density at radius 2 is 1.65 bits per heavy atom. The van der Waals surface area contributed by atoms with Crippen LogP contribution in [0.25, 0.3) is 16.9 Å². The van der Waals surface area contributed by atoms with E-state index >= 15 is 0 Å². The van der Waals surface area contributed by atoms with E-state index in [0.29, 0.717) is 4.90 Å². The third kappa shape index (κ3) is 3.05.